The molecular formula is C19H27BN8O6. The number of para-hydroxylation sites is 1. The van der Waals surface area contributed by atoms with Crippen LogP contribution in [0.3, 0.4) is 0 Å². The number of nitrogens with one attached hydrogen (secondary N) is 3. The van der Waals surface area contributed by atoms with Crippen LogP contribution in [0.1, 0.15) is 31.8 Å². The molecule has 1 atom stereocenters. The van der Waals surface area contributed by atoms with Gasteiger partial charge in [-0.1, -0.05) is 24.3 Å². The van der Waals surface area contributed by atoms with E-state index in [9.17, 15) is 14.5 Å². The van der Waals surface area contributed by atoms with Crippen molar-refractivity contribution in [3.8, 4) is 5.75 Å². The lowest BCUT2D eigenvalue weighted by Crippen LogP contribution is -2.55. The summed E-state index contributed by atoms with van der Waals surface area (Å²) in [5.74, 6) is 13.0. The Hall–Kier alpha value is -3.44. The number of hydrogen-bond donors (Lipinski definition) is 7. The molecule has 14 nitrogen and oxygen atoms in total. The summed E-state index contributed by atoms with van der Waals surface area (Å²) in [7, 11) is 0. The highest BCUT2D eigenvalue weighted by molar-refractivity contribution is 6.55. The summed E-state index contributed by atoms with van der Waals surface area (Å²) in [5, 5.41) is 5.96. The van der Waals surface area contributed by atoms with E-state index in [0.717, 1.165) is 5.56 Å². The standard InChI is InChI=1S/C19H27BN8O6/c21-20(28-31)16(10-14-2-1-3-15(17(14)33-23)19(30)34-24)26-27-18(29)13-6-4-12(5-7-13)11-25-8-9-32-22/h1-7,16,25-26H,8-11,21-24H2,(H,27,29)/t16-/m0/s1. The van der Waals surface area contributed by atoms with Crippen LogP contribution in [-0.2, 0) is 22.6 Å². The molecule has 0 bridgehead atoms. The van der Waals surface area contributed by atoms with Gasteiger partial charge < -0.3 is 25.5 Å². The van der Waals surface area contributed by atoms with Crippen molar-refractivity contribution >= 4 is 18.9 Å². The number of hydrogen-bond acceptors (Lipinski definition) is 13. The van der Waals surface area contributed by atoms with Gasteiger partial charge in [0, 0.05) is 18.7 Å². The van der Waals surface area contributed by atoms with E-state index >= 15 is 0 Å². The Balaban J connectivity index is 2.06. The van der Waals surface area contributed by atoms with E-state index < -0.39 is 24.8 Å². The molecule has 34 heavy (non-hydrogen) atoms. The van der Waals surface area contributed by atoms with E-state index in [-0.39, 0.29) is 17.7 Å². The second-order valence-corrected chi connectivity index (χ2v) is 7.07. The lowest BCUT2D eigenvalue weighted by molar-refractivity contribution is 0.0498. The van der Waals surface area contributed by atoms with Crippen LogP contribution in [0.5, 0.6) is 5.75 Å². The van der Waals surface area contributed by atoms with E-state index in [1.807, 2.05) is 0 Å². The van der Waals surface area contributed by atoms with Crippen LogP contribution >= 0.6 is 0 Å². The molecule has 0 radical (unpaired) electrons. The quantitative estimate of drug-likeness (QED) is 0.0721. The molecule has 0 unspecified atom stereocenters. The fourth-order valence-electron chi connectivity index (χ4n) is 3.04. The van der Waals surface area contributed by atoms with Gasteiger partial charge in [-0.2, -0.15) is 16.7 Å². The van der Waals surface area contributed by atoms with Crippen molar-refractivity contribution in [1.82, 2.24) is 16.2 Å². The molecular weight excluding hydrogens is 447 g/mol. The molecule has 1 amide bonds. The lowest BCUT2D eigenvalue weighted by Gasteiger charge is -2.20. The van der Waals surface area contributed by atoms with Gasteiger partial charge in [-0.15, -0.1) is 5.09 Å². The maximum atomic E-state index is 12.5. The third-order valence-electron chi connectivity index (χ3n) is 4.83. The van der Waals surface area contributed by atoms with Crippen LogP contribution < -0.4 is 44.3 Å². The first-order valence-electron chi connectivity index (χ1n) is 10.1. The summed E-state index contributed by atoms with van der Waals surface area (Å²) in [6.45, 7) is 0.295. The van der Waals surface area contributed by atoms with E-state index in [1.165, 1.54) is 6.07 Å². The van der Waals surface area contributed by atoms with Crippen LogP contribution in [0.25, 0.3) is 0 Å². The fourth-order valence-corrected chi connectivity index (χ4v) is 3.04. The molecule has 2 aromatic rings. The third-order valence-corrected chi connectivity index (χ3v) is 4.83. The molecule has 182 valence electrons. The summed E-state index contributed by atoms with van der Waals surface area (Å²) in [6.07, 6.45) is 0.0164. The monoisotopic (exact) mass is 474 g/mol. The Kier molecular flexibility index (Phi) is 11.0. The minimum Gasteiger partial charge on any atom is -0.410 e. The molecule has 2 rings (SSSR count). The summed E-state index contributed by atoms with van der Waals surface area (Å²) in [6, 6.07) is 11.4. The summed E-state index contributed by atoms with van der Waals surface area (Å²) in [5.41, 5.74) is 12.7. The molecule has 11 N–H and O–H groups in total. The highest BCUT2D eigenvalue weighted by Gasteiger charge is 2.28. The minimum atomic E-state index is -1.25. The number of benzene rings is 2. The zero-order chi connectivity index (χ0) is 24.9. The number of hydrazine groups is 1. The second kappa shape index (κ2) is 14.0. The van der Waals surface area contributed by atoms with Crippen LogP contribution in [0, 0.1) is 4.91 Å². The predicted molar refractivity (Wildman–Crippen MR) is 123 cm³/mol. The molecule has 15 heteroatoms. The number of nitrogens with zero attached hydrogens (tertiary/aromatic N) is 1. The van der Waals surface area contributed by atoms with Gasteiger partial charge in [0.05, 0.1) is 12.5 Å². The molecule has 0 aliphatic heterocycles. The van der Waals surface area contributed by atoms with E-state index in [0.29, 0.717) is 30.8 Å². The van der Waals surface area contributed by atoms with Crippen molar-refractivity contribution in [2.45, 2.75) is 18.9 Å². The molecule has 0 fully saturated rings. The SMILES string of the molecule is NOCCNCc1ccc(C(=O)NN[C@@H](Cc2cccc(C(=O)ON)c2ON)B(N)N=O)cc1. The Morgan fingerprint density at radius 3 is 2.44 bits per heavy atom. The molecule has 0 heterocycles. The van der Waals surface area contributed by atoms with Gasteiger partial charge >= 0.3 is 13.0 Å². The molecule has 0 saturated heterocycles. The third kappa shape index (κ3) is 7.56. The number of amides is 1. The maximum Gasteiger partial charge on any atom is 0.433 e. The van der Waals surface area contributed by atoms with Gasteiger partial charge in [0.1, 0.15) is 5.56 Å². The highest BCUT2D eigenvalue weighted by atomic mass is 16.7. The normalized spacial score (nSPS) is 11.4. The molecule has 0 spiro atoms. The van der Waals surface area contributed by atoms with Crippen molar-refractivity contribution in [2.24, 2.45) is 28.4 Å². The number of rotatable bonds is 14. The van der Waals surface area contributed by atoms with Crippen molar-refractivity contribution in [3.63, 3.8) is 0 Å². The average Bonchev–Trinajstić information content (AvgIpc) is 2.87. The van der Waals surface area contributed by atoms with Gasteiger partial charge in [0.25, 0.3) is 5.91 Å². The Morgan fingerprint density at radius 2 is 1.82 bits per heavy atom. The van der Waals surface area contributed by atoms with E-state index in [1.54, 1.807) is 36.4 Å². The topological polar surface area (TPSA) is 231 Å². The number of nitrogens with two attached hydrogens (primary N) is 4. The fraction of sp³-hybridized carbons (Fsp3) is 0.263. The van der Waals surface area contributed by atoms with Gasteiger partial charge in [-0.25, -0.2) is 16.1 Å². The van der Waals surface area contributed by atoms with E-state index in [2.05, 4.69) is 30.9 Å². The lowest BCUT2D eigenvalue weighted by atomic mass is 9.68. The summed E-state index contributed by atoms with van der Waals surface area (Å²) in [4.78, 5) is 49.0. The number of nitroso groups, excluding NO2 is 1. The van der Waals surface area contributed by atoms with Crippen LogP contribution in [-0.4, -0.2) is 38.0 Å². The molecule has 0 saturated carbocycles. The minimum absolute atomic E-state index is 0.0164. The summed E-state index contributed by atoms with van der Waals surface area (Å²) < 4.78 is 0. The number of carbonyl (C=O) groups is 2. The zero-order valence-electron chi connectivity index (χ0n) is 18.2. The van der Waals surface area contributed by atoms with Crippen LogP contribution in [0.4, 0.5) is 0 Å². The Morgan fingerprint density at radius 1 is 1.09 bits per heavy atom. The van der Waals surface area contributed by atoms with Crippen molar-refractivity contribution in [3.05, 3.63) is 69.6 Å². The first kappa shape index (κ1) is 26.8. The van der Waals surface area contributed by atoms with Gasteiger partial charge in [-0.3, -0.25) is 10.2 Å². The van der Waals surface area contributed by atoms with Crippen molar-refractivity contribution in [1.29, 1.82) is 0 Å². The molecule has 2 aromatic carbocycles. The van der Waals surface area contributed by atoms with Crippen LogP contribution in [0.2, 0.25) is 0 Å². The smallest absolute Gasteiger partial charge is 0.410 e. The van der Waals surface area contributed by atoms with E-state index in [4.69, 9.17) is 28.2 Å². The highest BCUT2D eigenvalue weighted by Crippen LogP contribution is 2.25. The zero-order valence-corrected chi connectivity index (χ0v) is 18.2. The maximum absolute atomic E-state index is 12.5. The van der Waals surface area contributed by atoms with Gasteiger partial charge in [0.15, 0.2) is 5.75 Å². The van der Waals surface area contributed by atoms with Crippen LogP contribution in [0.15, 0.2) is 47.6 Å². The first-order chi connectivity index (χ1) is 16.4. The first-order valence-corrected chi connectivity index (χ1v) is 10.1. The van der Waals surface area contributed by atoms with Gasteiger partial charge in [-0.05, 0) is 35.7 Å². The van der Waals surface area contributed by atoms with Crippen molar-refractivity contribution < 1.29 is 24.1 Å². The molecule has 0 aliphatic rings. The molecule has 0 aliphatic carbocycles. The summed E-state index contributed by atoms with van der Waals surface area (Å²) >= 11 is 0. The largest absolute Gasteiger partial charge is 0.433 e. The molecule has 0 aromatic heterocycles. The Labute approximate surface area is 195 Å². The van der Waals surface area contributed by atoms with Crippen molar-refractivity contribution in [2.75, 3.05) is 13.2 Å². The number of carbonyl (C=O) groups excluding carboxylic acids is 2. The van der Waals surface area contributed by atoms with Gasteiger partial charge in [0.2, 0.25) is 0 Å². The Bertz CT molecular complexity index is 964. The second-order valence-electron chi connectivity index (χ2n) is 7.07. The average molecular weight is 474 g/mol. The predicted octanol–water partition coefficient (Wildman–Crippen LogP) is -1.45.